The van der Waals surface area contributed by atoms with E-state index in [2.05, 4.69) is 20.1 Å². The lowest BCUT2D eigenvalue weighted by atomic mass is 10.1. The molecule has 1 saturated heterocycles. The number of carbonyl (C=O) groups excluding carboxylic acids is 1. The summed E-state index contributed by atoms with van der Waals surface area (Å²) in [6.45, 7) is 0.794. The molecule has 2 N–H and O–H groups in total. The Morgan fingerprint density at radius 2 is 1.77 bits per heavy atom. The molecule has 2 amide bonds. The predicted octanol–water partition coefficient (Wildman–Crippen LogP) is 2.38. The molecule has 1 fully saturated rings. The molecular weight excluding hydrogens is 423 g/mol. The van der Waals surface area contributed by atoms with E-state index in [1.807, 2.05) is 18.2 Å². The Morgan fingerprint density at radius 3 is 2.45 bits per heavy atom. The Labute approximate surface area is 179 Å². The molecular formula is C20H21FN6O3S. The quantitative estimate of drug-likeness (QED) is 0.628. The van der Waals surface area contributed by atoms with Gasteiger partial charge >= 0.3 is 6.03 Å². The molecule has 0 aliphatic carbocycles. The molecule has 31 heavy (non-hydrogen) atoms. The fourth-order valence-corrected chi connectivity index (χ4v) is 4.71. The number of para-hydroxylation sites is 2. The molecule has 1 aliphatic heterocycles. The molecule has 162 valence electrons. The van der Waals surface area contributed by atoms with Gasteiger partial charge in [0, 0.05) is 19.1 Å². The van der Waals surface area contributed by atoms with Gasteiger partial charge in [0.05, 0.1) is 16.3 Å². The molecule has 11 heteroatoms. The zero-order valence-corrected chi connectivity index (χ0v) is 17.3. The van der Waals surface area contributed by atoms with E-state index in [0.29, 0.717) is 37.3 Å². The smallest absolute Gasteiger partial charge is 0.321 e. The maximum absolute atomic E-state index is 13.0. The van der Waals surface area contributed by atoms with Gasteiger partial charge in [-0.2, -0.15) is 5.10 Å². The van der Waals surface area contributed by atoms with Crippen molar-refractivity contribution in [2.24, 2.45) is 0 Å². The lowest BCUT2D eigenvalue weighted by Crippen LogP contribution is -2.47. The van der Waals surface area contributed by atoms with Gasteiger partial charge < -0.3 is 10.2 Å². The number of carbonyl (C=O) groups is 1. The summed E-state index contributed by atoms with van der Waals surface area (Å²) < 4.78 is 42.2. The van der Waals surface area contributed by atoms with Crippen LogP contribution in [0.1, 0.15) is 12.8 Å². The number of rotatable bonds is 5. The van der Waals surface area contributed by atoms with Gasteiger partial charge in [0.25, 0.3) is 0 Å². The second kappa shape index (κ2) is 8.82. The Hall–Kier alpha value is -3.31. The van der Waals surface area contributed by atoms with Gasteiger partial charge in [-0.15, -0.1) is 0 Å². The standard InChI is InChI=1S/C20H21FN6O3S/c21-15-5-7-17(8-6-15)31(29,30)25-16-9-11-26(12-10-16)20(28)24-18-3-1-2-4-19(18)27-14-22-13-23-27/h1-8,13-14,16,25H,9-12H2,(H,24,28). The van der Waals surface area contributed by atoms with Crippen LogP contribution in [0.25, 0.3) is 5.69 Å². The van der Waals surface area contributed by atoms with Crippen LogP contribution in [-0.2, 0) is 10.0 Å². The van der Waals surface area contributed by atoms with E-state index in [4.69, 9.17) is 0 Å². The molecule has 4 rings (SSSR count). The van der Waals surface area contributed by atoms with Crippen LogP contribution < -0.4 is 10.0 Å². The molecule has 2 aromatic carbocycles. The summed E-state index contributed by atoms with van der Waals surface area (Å²) in [5.74, 6) is -0.497. The van der Waals surface area contributed by atoms with Gasteiger partial charge in [-0.1, -0.05) is 12.1 Å². The molecule has 0 atom stereocenters. The van der Waals surface area contributed by atoms with Crippen LogP contribution in [0.15, 0.2) is 66.1 Å². The van der Waals surface area contributed by atoms with Crippen molar-refractivity contribution in [3.8, 4) is 5.69 Å². The van der Waals surface area contributed by atoms with Crippen LogP contribution in [-0.4, -0.2) is 53.2 Å². The minimum atomic E-state index is -3.75. The number of nitrogens with one attached hydrogen (secondary N) is 2. The number of hydrogen-bond donors (Lipinski definition) is 2. The van der Waals surface area contributed by atoms with E-state index in [1.54, 1.807) is 22.0 Å². The molecule has 3 aromatic rings. The molecule has 2 heterocycles. The number of amides is 2. The first-order chi connectivity index (χ1) is 14.9. The van der Waals surface area contributed by atoms with E-state index < -0.39 is 15.8 Å². The summed E-state index contributed by atoms with van der Waals surface area (Å²) in [6.07, 6.45) is 3.90. The van der Waals surface area contributed by atoms with Crippen molar-refractivity contribution in [1.82, 2.24) is 24.4 Å². The van der Waals surface area contributed by atoms with Gasteiger partial charge in [-0.3, -0.25) is 0 Å². The van der Waals surface area contributed by atoms with Crippen LogP contribution in [0.4, 0.5) is 14.9 Å². The Bertz CT molecular complexity index is 1140. The monoisotopic (exact) mass is 444 g/mol. The molecule has 0 radical (unpaired) electrons. The van der Waals surface area contributed by atoms with Gasteiger partial charge in [-0.05, 0) is 49.2 Å². The third-order valence-electron chi connectivity index (χ3n) is 5.04. The summed E-state index contributed by atoms with van der Waals surface area (Å²) >= 11 is 0. The fraction of sp³-hybridized carbons (Fsp3) is 0.250. The van der Waals surface area contributed by atoms with Gasteiger partial charge in [0.2, 0.25) is 10.0 Å². The second-order valence-electron chi connectivity index (χ2n) is 7.12. The van der Waals surface area contributed by atoms with Crippen molar-refractivity contribution in [2.45, 2.75) is 23.8 Å². The van der Waals surface area contributed by atoms with Crippen molar-refractivity contribution >= 4 is 21.7 Å². The number of urea groups is 1. The highest BCUT2D eigenvalue weighted by atomic mass is 32.2. The fourth-order valence-electron chi connectivity index (χ4n) is 3.41. The minimum absolute atomic E-state index is 0.0128. The van der Waals surface area contributed by atoms with E-state index in [0.717, 1.165) is 12.1 Å². The molecule has 0 bridgehead atoms. The number of halogens is 1. The SMILES string of the molecule is O=C(Nc1ccccc1-n1cncn1)N1CCC(NS(=O)(=O)c2ccc(F)cc2)CC1. The second-order valence-corrected chi connectivity index (χ2v) is 8.84. The Morgan fingerprint density at radius 1 is 1.06 bits per heavy atom. The Kier molecular flexibility index (Phi) is 5.96. The van der Waals surface area contributed by atoms with E-state index in [-0.39, 0.29) is 17.0 Å². The first-order valence-electron chi connectivity index (χ1n) is 9.70. The van der Waals surface area contributed by atoms with Crippen molar-refractivity contribution < 1.29 is 17.6 Å². The van der Waals surface area contributed by atoms with Crippen LogP contribution in [0.2, 0.25) is 0 Å². The van der Waals surface area contributed by atoms with E-state index >= 15 is 0 Å². The summed E-state index contributed by atoms with van der Waals surface area (Å²) in [6, 6.07) is 11.3. The highest BCUT2D eigenvalue weighted by Crippen LogP contribution is 2.21. The highest BCUT2D eigenvalue weighted by molar-refractivity contribution is 7.89. The van der Waals surface area contributed by atoms with Crippen LogP contribution in [0, 0.1) is 5.82 Å². The average molecular weight is 444 g/mol. The van der Waals surface area contributed by atoms with E-state index in [1.165, 1.54) is 18.5 Å². The maximum Gasteiger partial charge on any atom is 0.321 e. The molecule has 0 spiro atoms. The van der Waals surface area contributed by atoms with Gasteiger partial charge in [-0.25, -0.2) is 32.0 Å². The van der Waals surface area contributed by atoms with Crippen LogP contribution in [0.3, 0.4) is 0 Å². The van der Waals surface area contributed by atoms with Crippen molar-refractivity contribution in [2.75, 3.05) is 18.4 Å². The van der Waals surface area contributed by atoms with Crippen molar-refractivity contribution in [1.29, 1.82) is 0 Å². The topological polar surface area (TPSA) is 109 Å². The summed E-state index contributed by atoms with van der Waals surface area (Å²) in [5, 5.41) is 6.98. The van der Waals surface area contributed by atoms with Crippen molar-refractivity contribution in [3.05, 3.63) is 67.0 Å². The zero-order chi connectivity index (χ0) is 21.8. The lowest BCUT2D eigenvalue weighted by molar-refractivity contribution is 0.193. The van der Waals surface area contributed by atoms with Crippen LogP contribution in [0.5, 0.6) is 0 Å². The summed E-state index contributed by atoms with van der Waals surface area (Å²) in [4.78, 5) is 18.3. The molecule has 0 saturated carbocycles. The number of benzene rings is 2. The predicted molar refractivity (Wildman–Crippen MR) is 112 cm³/mol. The third-order valence-corrected chi connectivity index (χ3v) is 6.58. The zero-order valence-electron chi connectivity index (χ0n) is 16.5. The maximum atomic E-state index is 13.0. The number of anilines is 1. The molecule has 0 unspecified atom stereocenters. The molecule has 1 aromatic heterocycles. The van der Waals surface area contributed by atoms with E-state index in [9.17, 15) is 17.6 Å². The number of nitrogens with zero attached hydrogens (tertiary/aromatic N) is 4. The number of aromatic nitrogens is 3. The first kappa shape index (κ1) is 20.9. The van der Waals surface area contributed by atoms with Gasteiger partial charge in [0.15, 0.2) is 0 Å². The molecule has 9 nitrogen and oxygen atoms in total. The minimum Gasteiger partial charge on any atom is -0.324 e. The summed E-state index contributed by atoms with van der Waals surface area (Å²) in [5.41, 5.74) is 1.28. The van der Waals surface area contributed by atoms with Crippen molar-refractivity contribution in [3.63, 3.8) is 0 Å². The highest BCUT2D eigenvalue weighted by Gasteiger charge is 2.27. The first-order valence-corrected chi connectivity index (χ1v) is 11.2. The van der Waals surface area contributed by atoms with Crippen LogP contribution >= 0.6 is 0 Å². The number of piperidine rings is 1. The number of hydrogen-bond acceptors (Lipinski definition) is 5. The largest absolute Gasteiger partial charge is 0.324 e. The Balaban J connectivity index is 1.35. The number of likely N-dealkylation sites (tertiary alicyclic amines) is 1. The number of sulfonamides is 1. The lowest BCUT2D eigenvalue weighted by Gasteiger charge is -2.32. The average Bonchev–Trinajstić information content (AvgIpc) is 3.29. The third kappa shape index (κ3) is 4.89. The molecule has 1 aliphatic rings. The van der Waals surface area contributed by atoms with Gasteiger partial charge in [0.1, 0.15) is 18.5 Å². The normalized spacial score (nSPS) is 15.1. The summed E-state index contributed by atoms with van der Waals surface area (Å²) in [7, 11) is -3.75.